The summed E-state index contributed by atoms with van der Waals surface area (Å²) in [5, 5.41) is 6.85. The minimum absolute atomic E-state index is 0.0723. The summed E-state index contributed by atoms with van der Waals surface area (Å²) in [6.45, 7) is 4.99. The van der Waals surface area contributed by atoms with Crippen molar-refractivity contribution < 1.29 is 9.53 Å². The lowest BCUT2D eigenvalue weighted by atomic mass is 10.2. The molecule has 0 unspecified atom stereocenters. The van der Waals surface area contributed by atoms with Gasteiger partial charge in [0, 0.05) is 30.2 Å². The molecule has 0 aliphatic heterocycles. The van der Waals surface area contributed by atoms with Gasteiger partial charge in [0.1, 0.15) is 5.75 Å². The van der Waals surface area contributed by atoms with Crippen LogP contribution in [-0.2, 0) is 11.3 Å². The molecule has 0 aliphatic rings. The number of rotatable bonds is 7. The molecule has 1 amide bonds. The van der Waals surface area contributed by atoms with Gasteiger partial charge in [0.25, 0.3) is 0 Å². The van der Waals surface area contributed by atoms with Crippen LogP contribution in [0, 0.1) is 0 Å². The molecular weight excluding hydrogens is 299 g/mol. The maximum atomic E-state index is 11.2. The SMILES string of the molecule is CNC(=O)CCOc1c(Cl)cc(Cl)cc1CNC(C)C. The minimum atomic E-state index is -0.0723. The second-order valence-electron chi connectivity index (χ2n) is 4.68. The number of hydrogen-bond donors (Lipinski definition) is 2. The van der Waals surface area contributed by atoms with E-state index in [-0.39, 0.29) is 18.9 Å². The maximum Gasteiger partial charge on any atom is 0.223 e. The molecule has 0 bridgehead atoms. The first-order chi connectivity index (χ1) is 9.43. The number of carbonyl (C=O) groups is 1. The van der Waals surface area contributed by atoms with Gasteiger partial charge in [0.2, 0.25) is 5.91 Å². The summed E-state index contributed by atoms with van der Waals surface area (Å²) < 4.78 is 5.64. The molecule has 1 aromatic carbocycles. The van der Waals surface area contributed by atoms with Crippen molar-refractivity contribution >= 4 is 29.1 Å². The Kier molecular flexibility index (Phi) is 7.13. The molecule has 1 rings (SSSR count). The summed E-state index contributed by atoms with van der Waals surface area (Å²) in [6.07, 6.45) is 0.284. The van der Waals surface area contributed by atoms with Crippen LogP contribution in [0.15, 0.2) is 12.1 Å². The van der Waals surface area contributed by atoms with E-state index in [2.05, 4.69) is 24.5 Å². The van der Waals surface area contributed by atoms with E-state index in [1.807, 2.05) is 6.07 Å². The van der Waals surface area contributed by atoms with E-state index in [0.717, 1.165) is 5.56 Å². The van der Waals surface area contributed by atoms with Crippen molar-refractivity contribution in [3.63, 3.8) is 0 Å². The van der Waals surface area contributed by atoms with Crippen LogP contribution in [0.2, 0.25) is 10.0 Å². The fourth-order valence-electron chi connectivity index (χ4n) is 1.59. The van der Waals surface area contributed by atoms with Crippen molar-refractivity contribution in [1.82, 2.24) is 10.6 Å². The summed E-state index contributed by atoms with van der Waals surface area (Å²) in [6, 6.07) is 3.79. The predicted octanol–water partition coefficient (Wildman–Crippen LogP) is 3.01. The van der Waals surface area contributed by atoms with E-state index < -0.39 is 0 Å². The lowest BCUT2D eigenvalue weighted by Crippen LogP contribution is -2.23. The molecule has 6 heteroatoms. The number of ether oxygens (including phenoxy) is 1. The lowest BCUT2D eigenvalue weighted by molar-refractivity contribution is -0.121. The molecule has 112 valence electrons. The van der Waals surface area contributed by atoms with Gasteiger partial charge in [-0.3, -0.25) is 4.79 Å². The standard InChI is InChI=1S/C14H20Cl2N2O2/c1-9(2)18-8-10-6-11(15)7-12(16)14(10)20-5-4-13(19)17-3/h6-7,9,18H,4-5,8H2,1-3H3,(H,17,19). The highest BCUT2D eigenvalue weighted by Crippen LogP contribution is 2.32. The molecule has 4 nitrogen and oxygen atoms in total. The zero-order valence-electron chi connectivity index (χ0n) is 11.9. The molecule has 0 heterocycles. The minimum Gasteiger partial charge on any atom is -0.491 e. The second kappa shape index (κ2) is 8.35. The number of amides is 1. The number of carbonyl (C=O) groups excluding carboxylic acids is 1. The molecular formula is C14H20Cl2N2O2. The van der Waals surface area contributed by atoms with Crippen molar-refractivity contribution in [2.45, 2.75) is 32.9 Å². The van der Waals surface area contributed by atoms with Crippen LogP contribution in [0.1, 0.15) is 25.8 Å². The van der Waals surface area contributed by atoms with Gasteiger partial charge in [-0.15, -0.1) is 0 Å². The zero-order chi connectivity index (χ0) is 15.1. The molecule has 0 saturated carbocycles. The van der Waals surface area contributed by atoms with Crippen LogP contribution >= 0.6 is 23.2 Å². The molecule has 0 spiro atoms. The highest BCUT2D eigenvalue weighted by molar-refractivity contribution is 6.35. The van der Waals surface area contributed by atoms with Crippen LogP contribution in [-0.4, -0.2) is 25.6 Å². The smallest absolute Gasteiger partial charge is 0.223 e. The quantitative estimate of drug-likeness (QED) is 0.812. The van der Waals surface area contributed by atoms with Gasteiger partial charge < -0.3 is 15.4 Å². The largest absolute Gasteiger partial charge is 0.491 e. The average molecular weight is 319 g/mol. The summed E-state index contributed by atoms with van der Waals surface area (Å²) >= 11 is 12.2. The van der Waals surface area contributed by atoms with Crippen LogP contribution in [0.3, 0.4) is 0 Å². The number of halogens is 2. The number of benzene rings is 1. The number of nitrogens with one attached hydrogen (secondary N) is 2. The normalized spacial score (nSPS) is 10.7. The van der Waals surface area contributed by atoms with E-state index in [9.17, 15) is 4.79 Å². The average Bonchev–Trinajstić information content (AvgIpc) is 2.38. The van der Waals surface area contributed by atoms with Crippen LogP contribution in [0.25, 0.3) is 0 Å². The van der Waals surface area contributed by atoms with Gasteiger partial charge in [-0.1, -0.05) is 37.0 Å². The maximum absolute atomic E-state index is 11.2. The first kappa shape index (κ1) is 17.1. The third-order valence-electron chi connectivity index (χ3n) is 2.64. The predicted molar refractivity (Wildman–Crippen MR) is 82.6 cm³/mol. The monoisotopic (exact) mass is 318 g/mol. The third kappa shape index (κ3) is 5.57. The van der Waals surface area contributed by atoms with Crippen LogP contribution in [0.5, 0.6) is 5.75 Å². The fraction of sp³-hybridized carbons (Fsp3) is 0.500. The van der Waals surface area contributed by atoms with E-state index in [0.29, 0.717) is 28.4 Å². The summed E-state index contributed by atoms with van der Waals surface area (Å²) in [5.74, 6) is 0.505. The van der Waals surface area contributed by atoms with Gasteiger partial charge in [-0.2, -0.15) is 0 Å². The van der Waals surface area contributed by atoms with Crippen molar-refractivity contribution in [2.75, 3.05) is 13.7 Å². The van der Waals surface area contributed by atoms with E-state index >= 15 is 0 Å². The Morgan fingerprint density at radius 3 is 2.65 bits per heavy atom. The van der Waals surface area contributed by atoms with E-state index in [1.54, 1.807) is 13.1 Å². The topological polar surface area (TPSA) is 50.4 Å². The molecule has 1 aromatic rings. The van der Waals surface area contributed by atoms with E-state index in [1.165, 1.54) is 0 Å². The zero-order valence-corrected chi connectivity index (χ0v) is 13.4. The molecule has 0 fully saturated rings. The molecule has 0 aromatic heterocycles. The van der Waals surface area contributed by atoms with Crippen molar-refractivity contribution in [2.24, 2.45) is 0 Å². The first-order valence-corrected chi connectivity index (χ1v) is 7.24. The molecule has 2 N–H and O–H groups in total. The molecule has 20 heavy (non-hydrogen) atoms. The fourth-order valence-corrected chi connectivity index (χ4v) is 2.18. The van der Waals surface area contributed by atoms with E-state index in [4.69, 9.17) is 27.9 Å². The van der Waals surface area contributed by atoms with Crippen LogP contribution < -0.4 is 15.4 Å². The summed E-state index contributed by atoms with van der Waals surface area (Å²) in [5.41, 5.74) is 0.883. The Balaban J connectivity index is 2.78. The Labute approximate surface area is 129 Å². The van der Waals surface area contributed by atoms with Crippen LogP contribution in [0.4, 0.5) is 0 Å². The van der Waals surface area contributed by atoms with Gasteiger partial charge in [0.15, 0.2) is 0 Å². The Morgan fingerprint density at radius 1 is 1.35 bits per heavy atom. The van der Waals surface area contributed by atoms with Gasteiger partial charge in [-0.05, 0) is 12.1 Å². The highest BCUT2D eigenvalue weighted by Gasteiger charge is 2.12. The highest BCUT2D eigenvalue weighted by atomic mass is 35.5. The van der Waals surface area contributed by atoms with Crippen molar-refractivity contribution in [3.8, 4) is 5.75 Å². The second-order valence-corrected chi connectivity index (χ2v) is 5.53. The molecule has 0 saturated heterocycles. The Bertz CT molecular complexity index is 465. The third-order valence-corrected chi connectivity index (χ3v) is 3.14. The van der Waals surface area contributed by atoms with Crippen molar-refractivity contribution in [1.29, 1.82) is 0 Å². The van der Waals surface area contributed by atoms with Gasteiger partial charge in [-0.25, -0.2) is 0 Å². The lowest BCUT2D eigenvalue weighted by Gasteiger charge is -2.15. The molecule has 0 radical (unpaired) electrons. The Morgan fingerprint density at radius 2 is 2.05 bits per heavy atom. The first-order valence-electron chi connectivity index (χ1n) is 6.48. The number of hydrogen-bond acceptors (Lipinski definition) is 3. The van der Waals surface area contributed by atoms with Crippen molar-refractivity contribution in [3.05, 3.63) is 27.7 Å². The van der Waals surface area contributed by atoms with Gasteiger partial charge in [0.05, 0.1) is 18.1 Å². The summed E-state index contributed by atoms with van der Waals surface area (Å²) in [4.78, 5) is 11.2. The Hall–Kier alpha value is -0.970. The molecule has 0 aliphatic carbocycles. The molecule has 0 atom stereocenters. The van der Waals surface area contributed by atoms with Gasteiger partial charge >= 0.3 is 0 Å². The summed E-state index contributed by atoms with van der Waals surface area (Å²) in [7, 11) is 1.59.